The molecule has 0 amide bonds. The Morgan fingerprint density at radius 2 is 0.671 bits per heavy atom. The van der Waals surface area contributed by atoms with Crippen LogP contribution in [0.15, 0.2) is 212 Å². The molecule has 76 heavy (non-hydrogen) atoms. The van der Waals surface area contributed by atoms with Crippen molar-refractivity contribution in [2.45, 2.75) is 53.4 Å². The highest BCUT2D eigenvalue weighted by Gasteiger charge is 2.25. The van der Waals surface area contributed by atoms with Gasteiger partial charge in [0.1, 0.15) is 33.5 Å². The third kappa shape index (κ3) is 6.80. The van der Waals surface area contributed by atoms with Crippen LogP contribution in [0.25, 0.3) is 109 Å². The van der Waals surface area contributed by atoms with Crippen LogP contribution in [0.2, 0.25) is 0 Å². The highest BCUT2D eigenvalue weighted by Crippen LogP contribution is 2.48. The number of hydrogen-bond acceptors (Lipinski definition) is 6. The number of nitrogens with zero attached hydrogens (tertiary/aromatic N) is 2. The maximum atomic E-state index is 6.81. The predicted octanol–water partition coefficient (Wildman–Crippen LogP) is 21.4. The zero-order chi connectivity index (χ0) is 51.1. The first-order chi connectivity index (χ1) is 37.1. The van der Waals surface area contributed by atoms with Crippen LogP contribution >= 0.6 is 0 Å². The molecule has 0 radical (unpaired) electrons. The van der Waals surface area contributed by atoms with Crippen LogP contribution in [0.1, 0.15) is 61.8 Å². The third-order valence-electron chi connectivity index (χ3n) is 16.0. The minimum atomic E-state index is 0.421. The molecular formula is C70H52N2O4. The van der Waals surface area contributed by atoms with Crippen molar-refractivity contribution in [3.8, 4) is 0 Å². The van der Waals surface area contributed by atoms with E-state index < -0.39 is 0 Å². The quantitative estimate of drug-likeness (QED) is 0.151. The average Bonchev–Trinajstić information content (AvgIpc) is 4.30. The summed E-state index contributed by atoms with van der Waals surface area (Å²) in [6.07, 6.45) is 0. The standard InChI is InChI=1S/C70H52N2O4/c1-39(2)43-17-23-49(24-18-43)71(67-41(5)15-29-55-53-11-7-9-13-61(53)75-69(55)67)51-27-21-45-33-57-59-37-66-60(38-65(59)73-63(57)35-47(45)31-51)58-34-46-22-28-52(32-48(46)36-64(58)74-66)72(50-25-19-44(20-26-50)40(3)4)68-42(6)16-30-56-54-12-8-10-14-62(54)76-70(56)68/h7-40H,1-6H3. The monoisotopic (exact) mass is 984 g/mol. The molecule has 366 valence electrons. The SMILES string of the molecule is Cc1ccc2c(oc3ccccc32)c1N(c1ccc(C(C)C)cc1)c1ccc2cc3c(cc2c1)oc1cc2c(cc13)oc1cc3cc(N(c4ccc(C(C)C)cc4)c4c(C)ccc5c4oc4ccccc45)ccc3cc12. The van der Waals surface area contributed by atoms with E-state index in [0.29, 0.717) is 11.8 Å². The lowest BCUT2D eigenvalue weighted by Gasteiger charge is -2.27. The van der Waals surface area contributed by atoms with E-state index in [-0.39, 0.29) is 0 Å². The summed E-state index contributed by atoms with van der Waals surface area (Å²) in [5, 5.41) is 13.0. The van der Waals surface area contributed by atoms with E-state index in [1.165, 1.54) is 11.1 Å². The van der Waals surface area contributed by atoms with Crippen molar-refractivity contribution >= 4 is 143 Å². The Morgan fingerprint density at radius 1 is 0.289 bits per heavy atom. The van der Waals surface area contributed by atoms with Gasteiger partial charge in [0, 0.05) is 65.8 Å². The van der Waals surface area contributed by atoms with E-state index in [9.17, 15) is 0 Å². The predicted molar refractivity (Wildman–Crippen MR) is 318 cm³/mol. The van der Waals surface area contributed by atoms with Gasteiger partial charge in [-0.25, -0.2) is 0 Å². The number of benzene rings is 11. The number of fused-ring (bicyclic) bond motifs is 14. The molecule has 0 fully saturated rings. The summed E-state index contributed by atoms with van der Waals surface area (Å²) in [4.78, 5) is 4.70. The maximum Gasteiger partial charge on any atom is 0.159 e. The molecule has 0 spiro atoms. The van der Waals surface area contributed by atoms with Crippen molar-refractivity contribution in [3.63, 3.8) is 0 Å². The molecule has 0 aliphatic heterocycles. The molecule has 0 unspecified atom stereocenters. The number of aryl methyl sites for hydroxylation is 2. The van der Waals surface area contributed by atoms with Crippen LogP contribution in [0.4, 0.5) is 34.1 Å². The highest BCUT2D eigenvalue weighted by molar-refractivity contribution is 6.19. The molecule has 11 aromatic carbocycles. The molecular weight excluding hydrogens is 933 g/mol. The normalized spacial score (nSPS) is 12.3. The largest absolute Gasteiger partial charge is 0.456 e. The lowest BCUT2D eigenvalue weighted by atomic mass is 10.0. The van der Waals surface area contributed by atoms with Crippen molar-refractivity contribution in [2.24, 2.45) is 0 Å². The van der Waals surface area contributed by atoms with Crippen LogP contribution < -0.4 is 9.80 Å². The third-order valence-corrected chi connectivity index (χ3v) is 16.0. The Hall–Kier alpha value is -9.26. The topological polar surface area (TPSA) is 59.0 Å². The van der Waals surface area contributed by atoms with Gasteiger partial charge in [-0.05, 0) is 167 Å². The van der Waals surface area contributed by atoms with Crippen molar-refractivity contribution in [2.75, 3.05) is 9.80 Å². The molecule has 0 bridgehead atoms. The van der Waals surface area contributed by atoms with Gasteiger partial charge >= 0.3 is 0 Å². The first-order valence-electron chi connectivity index (χ1n) is 26.4. The Balaban J connectivity index is 0.839. The number of para-hydroxylation sites is 2. The summed E-state index contributed by atoms with van der Waals surface area (Å²) in [5.74, 6) is 0.841. The smallest absolute Gasteiger partial charge is 0.159 e. The van der Waals surface area contributed by atoms with Gasteiger partial charge in [0.05, 0.1) is 11.4 Å². The second kappa shape index (κ2) is 16.6. The van der Waals surface area contributed by atoms with Gasteiger partial charge < -0.3 is 27.5 Å². The molecule has 15 rings (SSSR count). The van der Waals surface area contributed by atoms with Crippen LogP contribution in [-0.4, -0.2) is 0 Å². The number of anilines is 6. The van der Waals surface area contributed by atoms with Crippen LogP contribution in [0, 0.1) is 13.8 Å². The molecule has 0 atom stereocenters. The first-order valence-corrected chi connectivity index (χ1v) is 26.4. The Bertz CT molecular complexity index is 4540. The van der Waals surface area contributed by atoms with E-state index >= 15 is 0 Å². The molecule has 6 heteroatoms. The highest BCUT2D eigenvalue weighted by atomic mass is 16.3. The van der Waals surface area contributed by atoms with Crippen molar-refractivity contribution in [1.82, 2.24) is 0 Å². The molecule has 4 heterocycles. The molecule has 0 aliphatic rings. The zero-order valence-electron chi connectivity index (χ0n) is 43.2. The van der Waals surface area contributed by atoms with Gasteiger partial charge in [0.15, 0.2) is 11.2 Å². The minimum Gasteiger partial charge on any atom is -0.456 e. The van der Waals surface area contributed by atoms with E-state index in [4.69, 9.17) is 17.7 Å². The van der Waals surface area contributed by atoms with E-state index in [0.717, 1.165) is 155 Å². The fourth-order valence-electron chi connectivity index (χ4n) is 11.9. The summed E-state index contributed by atoms with van der Waals surface area (Å²) in [6, 6.07) is 70.0. The molecule has 0 N–H and O–H groups in total. The summed E-state index contributed by atoms with van der Waals surface area (Å²) >= 11 is 0. The Labute approximate surface area is 438 Å². The van der Waals surface area contributed by atoms with Gasteiger partial charge in [0.2, 0.25) is 0 Å². The number of furan rings is 4. The maximum absolute atomic E-state index is 6.81. The van der Waals surface area contributed by atoms with Crippen molar-refractivity contribution in [3.05, 3.63) is 216 Å². The van der Waals surface area contributed by atoms with Crippen LogP contribution in [-0.2, 0) is 0 Å². The molecule has 4 aromatic heterocycles. The zero-order valence-corrected chi connectivity index (χ0v) is 43.2. The lowest BCUT2D eigenvalue weighted by molar-refractivity contribution is 0.664. The van der Waals surface area contributed by atoms with Crippen LogP contribution in [0.5, 0.6) is 0 Å². The van der Waals surface area contributed by atoms with E-state index in [1.54, 1.807) is 0 Å². The van der Waals surface area contributed by atoms with Gasteiger partial charge in [0.25, 0.3) is 0 Å². The molecule has 0 aliphatic carbocycles. The summed E-state index contributed by atoms with van der Waals surface area (Å²) in [5.41, 5.74) is 17.9. The fourth-order valence-corrected chi connectivity index (χ4v) is 11.9. The van der Waals surface area contributed by atoms with E-state index in [1.807, 2.05) is 12.1 Å². The summed E-state index contributed by atoms with van der Waals surface area (Å²) in [7, 11) is 0. The number of hydrogen-bond donors (Lipinski definition) is 0. The Kier molecular flexibility index (Phi) is 9.68. The van der Waals surface area contributed by atoms with Crippen molar-refractivity contribution < 1.29 is 17.7 Å². The van der Waals surface area contributed by atoms with E-state index in [2.05, 4.69) is 233 Å². The van der Waals surface area contributed by atoms with Gasteiger partial charge in [-0.2, -0.15) is 0 Å². The van der Waals surface area contributed by atoms with Gasteiger partial charge in [-0.15, -0.1) is 0 Å². The minimum absolute atomic E-state index is 0.421. The van der Waals surface area contributed by atoms with Crippen LogP contribution in [0.3, 0.4) is 0 Å². The lowest BCUT2D eigenvalue weighted by Crippen LogP contribution is -2.12. The second-order valence-electron chi connectivity index (χ2n) is 21.4. The molecule has 15 aromatic rings. The fraction of sp³-hybridized carbons (Fsp3) is 0.114. The average molecular weight is 985 g/mol. The van der Waals surface area contributed by atoms with Gasteiger partial charge in [-0.3, -0.25) is 0 Å². The van der Waals surface area contributed by atoms with Crippen molar-refractivity contribution in [1.29, 1.82) is 0 Å². The van der Waals surface area contributed by atoms with Gasteiger partial charge in [-0.1, -0.05) is 125 Å². The molecule has 0 saturated heterocycles. The second-order valence-corrected chi connectivity index (χ2v) is 21.4. The number of rotatable bonds is 8. The Morgan fingerprint density at radius 3 is 1.09 bits per heavy atom. The summed E-state index contributed by atoms with van der Waals surface area (Å²) in [6.45, 7) is 13.3. The summed E-state index contributed by atoms with van der Waals surface area (Å²) < 4.78 is 27.0. The molecule has 6 nitrogen and oxygen atoms in total. The first kappa shape index (κ1) is 44.2. The molecule has 0 saturated carbocycles.